The molecule has 0 aliphatic rings. The number of hydrogen-bond acceptors (Lipinski definition) is 4. The van der Waals surface area contributed by atoms with Crippen LogP contribution in [0, 0.1) is 6.07 Å². The standard InChI is InChI=1S/C20H16N3O2/c1-24-18-10-8-15(12-19(18)25-2)16-9-11-20-21-13-17(23(20)22-16)14-6-4-3-5-7-14/h3-4,6-13H,1-2H3. The zero-order chi connectivity index (χ0) is 17.2. The van der Waals surface area contributed by atoms with Crippen molar-refractivity contribution >= 4 is 5.65 Å². The van der Waals surface area contributed by atoms with Gasteiger partial charge < -0.3 is 9.47 Å². The lowest BCUT2D eigenvalue weighted by Gasteiger charge is -2.10. The van der Waals surface area contributed by atoms with E-state index in [9.17, 15) is 0 Å². The summed E-state index contributed by atoms with van der Waals surface area (Å²) in [6.07, 6.45) is 1.82. The molecular formula is C20H16N3O2. The van der Waals surface area contributed by atoms with Crippen molar-refractivity contribution in [3.8, 4) is 34.0 Å². The van der Waals surface area contributed by atoms with Gasteiger partial charge in [0.15, 0.2) is 17.1 Å². The van der Waals surface area contributed by atoms with Crippen molar-refractivity contribution in [3.63, 3.8) is 0 Å². The molecule has 4 rings (SSSR count). The van der Waals surface area contributed by atoms with E-state index in [1.807, 2.05) is 65.3 Å². The van der Waals surface area contributed by atoms with E-state index in [1.165, 1.54) is 0 Å². The molecule has 0 atom stereocenters. The van der Waals surface area contributed by atoms with Crippen LogP contribution >= 0.6 is 0 Å². The Labute approximate surface area is 145 Å². The molecule has 0 fully saturated rings. The van der Waals surface area contributed by atoms with Crippen LogP contribution in [-0.4, -0.2) is 28.8 Å². The summed E-state index contributed by atoms with van der Waals surface area (Å²) in [4.78, 5) is 4.43. The topological polar surface area (TPSA) is 48.7 Å². The molecule has 0 unspecified atom stereocenters. The normalized spacial score (nSPS) is 10.8. The number of aromatic nitrogens is 3. The number of hydrogen-bond donors (Lipinski definition) is 0. The van der Waals surface area contributed by atoms with Crippen LogP contribution < -0.4 is 9.47 Å². The number of imidazole rings is 1. The van der Waals surface area contributed by atoms with Gasteiger partial charge in [-0.3, -0.25) is 0 Å². The van der Waals surface area contributed by atoms with E-state index >= 15 is 0 Å². The zero-order valence-corrected chi connectivity index (χ0v) is 13.9. The lowest BCUT2D eigenvalue weighted by Crippen LogP contribution is -1.97. The SMILES string of the molecule is COc1ccc(-c2ccc3ncc(-c4c[c]ccc4)n3n2)cc1OC. The van der Waals surface area contributed by atoms with E-state index in [-0.39, 0.29) is 0 Å². The van der Waals surface area contributed by atoms with E-state index in [2.05, 4.69) is 11.1 Å². The van der Waals surface area contributed by atoms with Gasteiger partial charge in [0.25, 0.3) is 0 Å². The summed E-state index contributed by atoms with van der Waals surface area (Å²) in [6.45, 7) is 0. The highest BCUT2D eigenvalue weighted by Crippen LogP contribution is 2.32. The summed E-state index contributed by atoms with van der Waals surface area (Å²) in [7, 11) is 3.24. The fraction of sp³-hybridized carbons (Fsp3) is 0.100. The Morgan fingerprint density at radius 2 is 1.84 bits per heavy atom. The second-order valence-electron chi connectivity index (χ2n) is 5.49. The van der Waals surface area contributed by atoms with E-state index < -0.39 is 0 Å². The van der Waals surface area contributed by atoms with Crippen LogP contribution in [0.4, 0.5) is 0 Å². The fourth-order valence-electron chi connectivity index (χ4n) is 2.77. The minimum atomic E-state index is 0.672. The van der Waals surface area contributed by atoms with Gasteiger partial charge >= 0.3 is 0 Å². The molecule has 1 radical (unpaired) electrons. The second-order valence-corrected chi connectivity index (χ2v) is 5.49. The lowest BCUT2D eigenvalue weighted by atomic mass is 10.1. The Morgan fingerprint density at radius 1 is 0.960 bits per heavy atom. The highest BCUT2D eigenvalue weighted by molar-refractivity contribution is 5.67. The van der Waals surface area contributed by atoms with Crippen LogP contribution in [0.25, 0.3) is 28.2 Å². The molecule has 123 valence electrons. The number of methoxy groups -OCH3 is 2. The minimum absolute atomic E-state index is 0.672. The monoisotopic (exact) mass is 330 g/mol. The second kappa shape index (κ2) is 6.28. The molecule has 2 heterocycles. The summed E-state index contributed by atoms with van der Waals surface area (Å²) in [5.41, 5.74) is 4.51. The van der Waals surface area contributed by atoms with E-state index in [4.69, 9.17) is 14.6 Å². The molecule has 0 N–H and O–H groups in total. The smallest absolute Gasteiger partial charge is 0.161 e. The van der Waals surface area contributed by atoms with Crippen LogP contribution in [0.2, 0.25) is 0 Å². The number of rotatable bonds is 4. The molecule has 0 amide bonds. The van der Waals surface area contributed by atoms with Crippen LogP contribution in [-0.2, 0) is 0 Å². The highest BCUT2D eigenvalue weighted by atomic mass is 16.5. The molecule has 2 aromatic carbocycles. The maximum Gasteiger partial charge on any atom is 0.161 e. The van der Waals surface area contributed by atoms with Crippen LogP contribution in [0.3, 0.4) is 0 Å². The first-order chi connectivity index (χ1) is 12.3. The van der Waals surface area contributed by atoms with Crippen molar-refractivity contribution < 1.29 is 9.47 Å². The first-order valence-corrected chi connectivity index (χ1v) is 7.84. The minimum Gasteiger partial charge on any atom is -0.493 e. The van der Waals surface area contributed by atoms with Gasteiger partial charge in [-0.15, -0.1) is 0 Å². The number of fused-ring (bicyclic) bond motifs is 1. The van der Waals surface area contributed by atoms with Gasteiger partial charge in [-0.05, 0) is 42.5 Å². The molecule has 5 nitrogen and oxygen atoms in total. The summed E-state index contributed by atoms with van der Waals surface area (Å²) >= 11 is 0. The third kappa shape index (κ3) is 2.70. The Hall–Kier alpha value is -3.34. The number of ether oxygens (including phenoxy) is 2. The summed E-state index contributed by atoms with van der Waals surface area (Å²) in [5.74, 6) is 1.36. The molecule has 25 heavy (non-hydrogen) atoms. The molecule has 5 heteroatoms. The number of benzene rings is 2. The largest absolute Gasteiger partial charge is 0.493 e. The summed E-state index contributed by atoms with van der Waals surface area (Å²) in [6, 6.07) is 20.5. The molecule has 0 saturated carbocycles. The Balaban J connectivity index is 1.84. The van der Waals surface area contributed by atoms with Gasteiger partial charge in [0.2, 0.25) is 0 Å². The van der Waals surface area contributed by atoms with Crippen molar-refractivity contribution in [3.05, 3.63) is 66.9 Å². The highest BCUT2D eigenvalue weighted by Gasteiger charge is 2.11. The molecule has 0 spiro atoms. The maximum atomic E-state index is 5.39. The summed E-state index contributed by atoms with van der Waals surface area (Å²) in [5, 5.41) is 4.76. The Bertz CT molecular complexity index is 1030. The molecule has 0 aliphatic carbocycles. The van der Waals surface area contributed by atoms with Crippen LogP contribution in [0.5, 0.6) is 11.5 Å². The van der Waals surface area contributed by atoms with Gasteiger partial charge in [0.05, 0.1) is 31.8 Å². The van der Waals surface area contributed by atoms with Crippen molar-refractivity contribution in [2.24, 2.45) is 0 Å². The predicted octanol–water partition coefficient (Wildman–Crippen LogP) is 3.88. The molecule has 2 aromatic heterocycles. The van der Waals surface area contributed by atoms with E-state index in [0.717, 1.165) is 28.2 Å². The molecule has 0 saturated heterocycles. The first-order valence-electron chi connectivity index (χ1n) is 7.84. The average Bonchev–Trinajstić information content (AvgIpc) is 3.11. The van der Waals surface area contributed by atoms with Gasteiger partial charge in [0.1, 0.15) is 0 Å². The molecular weight excluding hydrogens is 314 g/mol. The molecule has 0 bridgehead atoms. The van der Waals surface area contributed by atoms with E-state index in [0.29, 0.717) is 11.5 Å². The molecule has 4 aromatic rings. The van der Waals surface area contributed by atoms with E-state index in [1.54, 1.807) is 14.2 Å². The van der Waals surface area contributed by atoms with Crippen molar-refractivity contribution in [2.45, 2.75) is 0 Å². The zero-order valence-electron chi connectivity index (χ0n) is 13.9. The van der Waals surface area contributed by atoms with Gasteiger partial charge in [-0.1, -0.05) is 18.2 Å². The predicted molar refractivity (Wildman–Crippen MR) is 95.8 cm³/mol. The Morgan fingerprint density at radius 3 is 2.60 bits per heavy atom. The molecule has 0 aliphatic heterocycles. The number of nitrogens with zero attached hydrogens (tertiary/aromatic N) is 3. The fourth-order valence-corrected chi connectivity index (χ4v) is 2.77. The van der Waals surface area contributed by atoms with Crippen molar-refractivity contribution in [1.82, 2.24) is 14.6 Å². The Kier molecular flexibility index (Phi) is 3.82. The maximum absolute atomic E-state index is 5.39. The average molecular weight is 330 g/mol. The van der Waals surface area contributed by atoms with Gasteiger partial charge in [0, 0.05) is 11.1 Å². The quantitative estimate of drug-likeness (QED) is 0.570. The first kappa shape index (κ1) is 15.2. The van der Waals surface area contributed by atoms with Crippen LogP contribution in [0.1, 0.15) is 0 Å². The lowest BCUT2D eigenvalue weighted by molar-refractivity contribution is 0.355. The third-order valence-corrected chi connectivity index (χ3v) is 4.04. The van der Waals surface area contributed by atoms with Gasteiger partial charge in [-0.25, -0.2) is 9.50 Å². The van der Waals surface area contributed by atoms with Crippen LogP contribution in [0.15, 0.2) is 60.8 Å². The van der Waals surface area contributed by atoms with Gasteiger partial charge in [-0.2, -0.15) is 5.10 Å². The summed E-state index contributed by atoms with van der Waals surface area (Å²) < 4.78 is 12.5. The third-order valence-electron chi connectivity index (χ3n) is 4.04. The van der Waals surface area contributed by atoms with Crippen molar-refractivity contribution in [1.29, 1.82) is 0 Å². The van der Waals surface area contributed by atoms with Crippen molar-refractivity contribution in [2.75, 3.05) is 14.2 Å².